The molecule has 0 saturated heterocycles. The predicted molar refractivity (Wildman–Crippen MR) is 78.0 cm³/mol. The molecule has 0 unspecified atom stereocenters. The van der Waals surface area contributed by atoms with Crippen LogP contribution in [0.5, 0.6) is 0 Å². The number of allylic oxidation sites excluding steroid dienone is 3. The van der Waals surface area contributed by atoms with E-state index in [4.69, 9.17) is 0 Å². The number of fused-ring (bicyclic) bond motifs is 2. The van der Waals surface area contributed by atoms with Gasteiger partial charge in [-0.05, 0) is 12.2 Å². The van der Waals surface area contributed by atoms with Crippen molar-refractivity contribution >= 4 is 17.8 Å². The largest absolute Gasteiger partial charge is 0.287 e. The summed E-state index contributed by atoms with van der Waals surface area (Å²) in [6.45, 7) is 0. The molecular formula is C16H8N4O2. The molecule has 0 saturated carbocycles. The lowest BCUT2D eigenvalue weighted by molar-refractivity contribution is 0.0974. The van der Waals surface area contributed by atoms with Crippen LogP contribution in [0.1, 0.15) is 32.1 Å². The van der Waals surface area contributed by atoms with Crippen LogP contribution in [-0.2, 0) is 0 Å². The zero-order valence-corrected chi connectivity index (χ0v) is 11.2. The maximum atomic E-state index is 12.4. The molecular weight excluding hydrogens is 280 g/mol. The van der Waals surface area contributed by atoms with Crippen LogP contribution in [0.4, 0.5) is 0 Å². The van der Waals surface area contributed by atoms with Crippen LogP contribution < -0.4 is 0 Å². The number of benzene rings is 1. The smallest absolute Gasteiger partial charge is 0.216 e. The van der Waals surface area contributed by atoms with Crippen LogP contribution in [0.3, 0.4) is 0 Å². The summed E-state index contributed by atoms with van der Waals surface area (Å²) in [5.74, 6) is -0.627. The lowest BCUT2D eigenvalue weighted by Gasteiger charge is -2.10. The molecule has 104 valence electrons. The van der Waals surface area contributed by atoms with Gasteiger partial charge in [-0.25, -0.2) is 0 Å². The van der Waals surface area contributed by atoms with Gasteiger partial charge in [-0.1, -0.05) is 35.2 Å². The van der Waals surface area contributed by atoms with Crippen molar-refractivity contribution in [3.63, 3.8) is 0 Å². The lowest BCUT2D eigenvalue weighted by Crippen LogP contribution is -2.20. The minimum Gasteiger partial charge on any atom is -0.287 e. The molecule has 1 aromatic carbocycles. The van der Waals surface area contributed by atoms with Crippen LogP contribution in [0.2, 0.25) is 0 Å². The first-order chi connectivity index (χ1) is 10.7. The number of rotatable bonds is 2. The summed E-state index contributed by atoms with van der Waals surface area (Å²) in [4.78, 5) is 25.7. The van der Waals surface area contributed by atoms with Crippen LogP contribution >= 0.6 is 0 Å². The summed E-state index contributed by atoms with van der Waals surface area (Å²) >= 11 is 0. The molecule has 0 aliphatic heterocycles. The monoisotopic (exact) mass is 288 g/mol. The average Bonchev–Trinajstić information content (AvgIpc) is 3.20. The minimum atomic E-state index is -0.313. The molecule has 0 N–H and O–H groups in total. The molecule has 6 heteroatoms. The zero-order chi connectivity index (χ0) is 15.1. The van der Waals surface area contributed by atoms with Gasteiger partial charge < -0.3 is 0 Å². The van der Waals surface area contributed by atoms with Crippen molar-refractivity contribution < 1.29 is 9.59 Å². The molecule has 2 aliphatic carbocycles. The van der Waals surface area contributed by atoms with Crippen molar-refractivity contribution in [2.75, 3.05) is 0 Å². The van der Waals surface area contributed by atoms with E-state index in [0.29, 0.717) is 11.1 Å². The van der Waals surface area contributed by atoms with Gasteiger partial charge in [0.05, 0.1) is 6.21 Å². The third-order valence-corrected chi connectivity index (χ3v) is 3.37. The molecule has 0 amide bonds. The number of hydrogen-bond donors (Lipinski definition) is 0. The Hall–Kier alpha value is -3.37. The van der Waals surface area contributed by atoms with Crippen molar-refractivity contribution in [3.05, 3.63) is 76.3 Å². The van der Waals surface area contributed by atoms with Crippen molar-refractivity contribution in [2.24, 2.45) is 5.10 Å². The van der Waals surface area contributed by atoms with Gasteiger partial charge in [0, 0.05) is 16.7 Å². The zero-order valence-electron chi connectivity index (χ0n) is 11.2. The Bertz CT molecular complexity index is 904. The highest BCUT2D eigenvalue weighted by Crippen LogP contribution is 2.24. The molecule has 6 nitrogen and oxygen atoms in total. The quantitative estimate of drug-likeness (QED) is 0.529. The molecule has 0 bridgehead atoms. The first-order valence-corrected chi connectivity index (χ1v) is 6.57. The van der Waals surface area contributed by atoms with Gasteiger partial charge in [-0.3, -0.25) is 9.59 Å². The number of carbonyl (C=O) groups is 2. The molecule has 1 aromatic heterocycles. The van der Waals surface area contributed by atoms with E-state index in [9.17, 15) is 9.59 Å². The van der Waals surface area contributed by atoms with Gasteiger partial charge in [0.2, 0.25) is 11.6 Å². The average molecular weight is 288 g/mol. The topological polar surface area (TPSA) is 77.2 Å². The van der Waals surface area contributed by atoms with Crippen LogP contribution in [0.15, 0.2) is 58.9 Å². The van der Waals surface area contributed by atoms with E-state index in [1.807, 2.05) is 12.2 Å². The predicted octanol–water partition coefficient (Wildman–Crippen LogP) is 1.54. The number of aromatic nitrogens is 3. The summed E-state index contributed by atoms with van der Waals surface area (Å²) in [7, 11) is 0. The second-order valence-corrected chi connectivity index (χ2v) is 4.74. The molecule has 0 atom stereocenters. The fourth-order valence-corrected chi connectivity index (χ4v) is 2.33. The molecule has 22 heavy (non-hydrogen) atoms. The summed E-state index contributed by atoms with van der Waals surface area (Å²) in [5.41, 5.74) is 4.47. The van der Waals surface area contributed by atoms with Crippen LogP contribution in [0, 0.1) is 0 Å². The molecule has 0 spiro atoms. The number of nitrogens with zero attached hydrogens (tertiary/aromatic N) is 4. The summed E-state index contributed by atoms with van der Waals surface area (Å²) < 4.78 is 0. The molecule has 0 fully saturated rings. The third-order valence-electron chi connectivity index (χ3n) is 3.37. The van der Waals surface area contributed by atoms with Gasteiger partial charge in [-0.2, -0.15) is 0 Å². The lowest BCUT2D eigenvalue weighted by atomic mass is 9.90. The Morgan fingerprint density at radius 2 is 1.68 bits per heavy atom. The Balaban J connectivity index is 1.77. The van der Waals surface area contributed by atoms with Gasteiger partial charge in [0.15, 0.2) is 11.4 Å². The minimum absolute atomic E-state index is 0.0346. The first kappa shape index (κ1) is 12.4. The molecule has 1 heterocycles. The van der Waals surface area contributed by atoms with E-state index < -0.39 is 0 Å². The number of carbonyl (C=O) groups excluding carboxylic acids is 2. The first-order valence-electron chi connectivity index (χ1n) is 6.57. The Labute approximate surface area is 124 Å². The second-order valence-electron chi connectivity index (χ2n) is 4.74. The van der Waals surface area contributed by atoms with Crippen molar-refractivity contribution in [1.82, 2.24) is 15.1 Å². The van der Waals surface area contributed by atoms with E-state index in [2.05, 4.69) is 21.0 Å². The van der Waals surface area contributed by atoms with E-state index >= 15 is 0 Å². The maximum Gasteiger partial charge on any atom is 0.216 e. The van der Waals surface area contributed by atoms with Crippen LogP contribution in [0.25, 0.3) is 0 Å². The van der Waals surface area contributed by atoms with E-state index in [0.717, 1.165) is 10.5 Å². The standard InChI is InChI=1S/C16H8N4O2/c21-15-11-7-3-4-8-12(11)16(22)14-13(15)18-20(19-14)17-9-10-5-1-2-6-10/h1-5,7-9H/b17-9+. The molecule has 4 rings (SSSR count). The highest BCUT2D eigenvalue weighted by atomic mass is 16.1. The van der Waals surface area contributed by atoms with Crippen molar-refractivity contribution in [1.29, 1.82) is 0 Å². The normalized spacial score (nSPS) is 15.4. The summed E-state index contributed by atoms with van der Waals surface area (Å²) in [6, 6.07) is 6.64. The van der Waals surface area contributed by atoms with Gasteiger partial charge >= 0.3 is 0 Å². The Kier molecular flexibility index (Phi) is 2.58. The van der Waals surface area contributed by atoms with E-state index in [-0.39, 0.29) is 23.0 Å². The maximum absolute atomic E-state index is 12.4. The van der Waals surface area contributed by atoms with Crippen LogP contribution in [-0.4, -0.2) is 32.9 Å². The highest BCUT2D eigenvalue weighted by Gasteiger charge is 2.34. The molecule has 2 aromatic rings. The van der Waals surface area contributed by atoms with Crippen molar-refractivity contribution in [2.45, 2.75) is 0 Å². The summed E-state index contributed by atoms with van der Waals surface area (Å²) in [6.07, 6.45) is 6.91. The summed E-state index contributed by atoms with van der Waals surface area (Å²) in [5, 5.41) is 12.0. The number of ketones is 2. The van der Waals surface area contributed by atoms with Gasteiger partial charge in [0.1, 0.15) is 0 Å². The molecule has 2 aliphatic rings. The highest BCUT2D eigenvalue weighted by molar-refractivity contribution is 6.26. The van der Waals surface area contributed by atoms with E-state index in [1.165, 1.54) is 6.21 Å². The number of hydrogen-bond acceptors (Lipinski definition) is 5. The Morgan fingerprint density at radius 3 is 2.23 bits per heavy atom. The van der Waals surface area contributed by atoms with Gasteiger partial charge in [-0.15, -0.1) is 21.0 Å². The second kappa shape index (κ2) is 4.58. The third kappa shape index (κ3) is 1.79. The van der Waals surface area contributed by atoms with E-state index in [1.54, 1.807) is 30.3 Å². The SMILES string of the molecule is O=C1c2ccccc2C(=O)c2nn(/N=C/C3=C=CC=C3)nc21. The van der Waals surface area contributed by atoms with Gasteiger partial charge in [0.25, 0.3) is 0 Å². The Morgan fingerprint density at radius 1 is 1.05 bits per heavy atom. The van der Waals surface area contributed by atoms with Crippen molar-refractivity contribution in [3.8, 4) is 0 Å². The fourth-order valence-electron chi connectivity index (χ4n) is 2.33. The molecule has 0 radical (unpaired) electrons. The fraction of sp³-hybridized carbons (Fsp3) is 0.